The fraction of sp³-hybridized carbons (Fsp3) is 0.188. The van der Waals surface area contributed by atoms with Gasteiger partial charge in [-0.1, -0.05) is 30.3 Å². The molecule has 3 nitrogen and oxygen atoms in total. The molecule has 0 aliphatic rings. The SMILES string of the molecule is Nc1ccc(Br)c(C(=O)OCCCc2ccccc2)c1. The van der Waals surface area contributed by atoms with Crippen molar-refractivity contribution < 1.29 is 9.53 Å². The molecule has 20 heavy (non-hydrogen) atoms. The van der Waals surface area contributed by atoms with Gasteiger partial charge in [-0.2, -0.15) is 0 Å². The summed E-state index contributed by atoms with van der Waals surface area (Å²) in [4.78, 5) is 11.9. The zero-order chi connectivity index (χ0) is 14.4. The summed E-state index contributed by atoms with van der Waals surface area (Å²) in [5.74, 6) is -0.350. The van der Waals surface area contributed by atoms with Gasteiger partial charge in [0.15, 0.2) is 0 Å². The molecule has 0 unspecified atom stereocenters. The number of carbonyl (C=O) groups is 1. The first kappa shape index (κ1) is 14.6. The molecule has 0 atom stereocenters. The highest BCUT2D eigenvalue weighted by molar-refractivity contribution is 9.10. The monoisotopic (exact) mass is 333 g/mol. The molecule has 2 N–H and O–H groups in total. The van der Waals surface area contributed by atoms with Crippen molar-refractivity contribution in [2.24, 2.45) is 0 Å². The van der Waals surface area contributed by atoms with Crippen LogP contribution >= 0.6 is 15.9 Å². The Kier molecular flexibility index (Phi) is 5.18. The summed E-state index contributed by atoms with van der Waals surface area (Å²) in [6, 6.07) is 15.2. The second-order valence-electron chi connectivity index (χ2n) is 4.46. The minimum Gasteiger partial charge on any atom is -0.462 e. The average Bonchev–Trinajstić information content (AvgIpc) is 2.47. The van der Waals surface area contributed by atoms with Gasteiger partial charge < -0.3 is 10.5 Å². The topological polar surface area (TPSA) is 52.3 Å². The molecule has 2 rings (SSSR count). The lowest BCUT2D eigenvalue weighted by Crippen LogP contribution is -2.08. The van der Waals surface area contributed by atoms with Gasteiger partial charge in [-0.15, -0.1) is 0 Å². The Morgan fingerprint density at radius 2 is 1.90 bits per heavy atom. The van der Waals surface area contributed by atoms with E-state index in [2.05, 4.69) is 28.1 Å². The number of aryl methyl sites for hydroxylation is 1. The number of halogens is 1. The van der Waals surface area contributed by atoms with Crippen LogP contribution in [0.4, 0.5) is 5.69 Å². The van der Waals surface area contributed by atoms with Crippen molar-refractivity contribution in [1.82, 2.24) is 0 Å². The highest BCUT2D eigenvalue weighted by Crippen LogP contribution is 2.20. The van der Waals surface area contributed by atoms with Crippen molar-refractivity contribution in [3.05, 3.63) is 64.1 Å². The predicted molar refractivity (Wildman–Crippen MR) is 83.6 cm³/mol. The highest BCUT2D eigenvalue weighted by Gasteiger charge is 2.11. The maximum atomic E-state index is 11.9. The Labute approximate surface area is 126 Å². The summed E-state index contributed by atoms with van der Waals surface area (Å²) in [6.07, 6.45) is 1.70. The molecule has 0 fully saturated rings. The lowest BCUT2D eigenvalue weighted by molar-refractivity contribution is 0.0499. The number of esters is 1. The normalized spacial score (nSPS) is 10.2. The molecule has 2 aromatic carbocycles. The number of anilines is 1. The number of carbonyl (C=O) groups excluding carboxylic acids is 1. The van der Waals surface area contributed by atoms with Gasteiger partial charge in [-0.05, 0) is 52.5 Å². The van der Waals surface area contributed by atoms with Crippen LogP contribution in [0.2, 0.25) is 0 Å². The third kappa shape index (κ3) is 4.10. The number of nitrogen functional groups attached to an aromatic ring is 1. The van der Waals surface area contributed by atoms with Gasteiger partial charge >= 0.3 is 5.97 Å². The number of nitrogens with two attached hydrogens (primary N) is 1. The largest absolute Gasteiger partial charge is 0.462 e. The lowest BCUT2D eigenvalue weighted by atomic mass is 10.1. The molecule has 0 aromatic heterocycles. The van der Waals surface area contributed by atoms with Crippen LogP contribution in [0.25, 0.3) is 0 Å². The third-order valence-electron chi connectivity index (χ3n) is 2.90. The molecule has 0 radical (unpaired) electrons. The van der Waals surface area contributed by atoms with Gasteiger partial charge in [0.2, 0.25) is 0 Å². The molecule has 0 amide bonds. The van der Waals surface area contributed by atoms with Gasteiger partial charge in [-0.25, -0.2) is 4.79 Å². The smallest absolute Gasteiger partial charge is 0.339 e. The van der Waals surface area contributed by atoms with Crippen molar-refractivity contribution >= 4 is 27.6 Å². The third-order valence-corrected chi connectivity index (χ3v) is 3.59. The fourth-order valence-electron chi connectivity index (χ4n) is 1.86. The zero-order valence-corrected chi connectivity index (χ0v) is 12.6. The Morgan fingerprint density at radius 3 is 2.65 bits per heavy atom. The first-order valence-corrected chi connectivity index (χ1v) is 7.22. The molecule has 0 aliphatic carbocycles. The van der Waals surface area contributed by atoms with Crippen molar-refractivity contribution in [2.45, 2.75) is 12.8 Å². The van der Waals surface area contributed by atoms with Crippen molar-refractivity contribution in [1.29, 1.82) is 0 Å². The maximum absolute atomic E-state index is 11.9. The maximum Gasteiger partial charge on any atom is 0.339 e. The number of rotatable bonds is 5. The molecule has 0 aliphatic heterocycles. The first-order chi connectivity index (χ1) is 9.66. The second-order valence-corrected chi connectivity index (χ2v) is 5.32. The minimum absolute atomic E-state index is 0.350. The molecule has 0 spiro atoms. The van der Waals surface area contributed by atoms with E-state index in [0.29, 0.717) is 22.3 Å². The van der Waals surface area contributed by atoms with E-state index in [1.807, 2.05) is 18.2 Å². The van der Waals surface area contributed by atoms with Crippen molar-refractivity contribution in [3.63, 3.8) is 0 Å². The summed E-state index contributed by atoms with van der Waals surface area (Å²) in [5, 5.41) is 0. The van der Waals surface area contributed by atoms with Crippen LogP contribution in [0.3, 0.4) is 0 Å². The summed E-state index contributed by atoms with van der Waals surface area (Å²) in [6.45, 7) is 0.398. The van der Waals surface area contributed by atoms with E-state index < -0.39 is 0 Å². The average molecular weight is 334 g/mol. The molecular formula is C16H16BrNO2. The number of hydrogen-bond donors (Lipinski definition) is 1. The van der Waals surface area contributed by atoms with Crippen molar-refractivity contribution in [3.8, 4) is 0 Å². The zero-order valence-electron chi connectivity index (χ0n) is 11.0. The van der Waals surface area contributed by atoms with Gasteiger partial charge in [-0.3, -0.25) is 0 Å². The van der Waals surface area contributed by atoms with Gasteiger partial charge in [0.05, 0.1) is 12.2 Å². The van der Waals surface area contributed by atoms with Crippen LogP contribution in [0.1, 0.15) is 22.3 Å². The Morgan fingerprint density at radius 1 is 1.15 bits per heavy atom. The minimum atomic E-state index is -0.350. The predicted octanol–water partition coefficient (Wildman–Crippen LogP) is 3.82. The number of hydrogen-bond acceptors (Lipinski definition) is 3. The van der Waals surface area contributed by atoms with Crippen LogP contribution < -0.4 is 5.73 Å². The van der Waals surface area contributed by atoms with Gasteiger partial charge in [0, 0.05) is 10.2 Å². The molecule has 0 saturated heterocycles. The Bertz CT molecular complexity index is 584. The number of ether oxygens (including phenoxy) is 1. The summed E-state index contributed by atoms with van der Waals surface area (Å²) in [7, 11) is 0. The number of benzene rings is 2. The van der Waals surface area contributed by atoms with E-state index in [1.54, 1.807) is 18.2 Å². The van der Waals surface area contributed by atoms with E-state index in [0.717, 1.165) is 12.8 Å². The Balaban J connectivity index is 1.82. The van der Waals surface area contributed by atoms with Crippen LogP contribution in [0, 0.1) is 0 Å². The van der Waals surface area contributed by atoms with E-state index >= 15 is 0 Å². The van der Waals surface area contributed by atoms with E-state index in [-0.39, 0.29) is 5.97 Å². The lowest BCUT2D eigenvalue weighted by Gasteiger charge is -2.07. The Hall–Kier alpha value is -1.81. The first-order valence-electron chi connectivity index (χ1n) is 6.43. The molecule has 0 saturated carbocycles. The standard InChI is InChI=1S/C16H16BrNO2/c17-15-9-8-13(18)11-14(15)16(19)20-10-4-7-12-5-2-1-3-6-12/h1-3,5-6,8-9,11H,4,7,10,18H2. The van der Waals surface area contributed by atoms with E-state index in [1.165, 1.54) is 5.56 Å². The molecule has 4 heteroatoms. The fourth-order valence-corrected chi connectivity index (χ4v) is 2.27. The van der Waals surface area contributed by atoms with Gasteiger partial charge in [0.25, 0.3) is 0 Å². The summed E-state index contributed by atoms with van der Waals surface area (Å²) >= 11 is 3.32. The van der Waals surface area contributed by atoms with E-state index in [9.17, 15) is 4.79 Å². The van der Waals surface area contributed by atoms with Crippen LogP contribution in [-0.2, 0) is 11.2 Å². The summed E-state index contributed by atoms with van der Waals surface area (Å²) in [5.41, 5.74) is 7.92. The molecule has 104 valence electrons. The second kappa shape index (κ2) is 7.10. The highest BCUT2D eigenvalue weighted by atomic mass is 79.9. The quantitative estimate of drug-likeness (QED) is 0.514. The van der Waals surface area contributed by atoms with Crippen molar-refractivity contribution in [2.75, 3.05) is 12.3 Å². The molecule has 2 aromatic rings. The molecule has 0 bridgehead atoms. The van der Waals surface area contributed by atoms with Crippen LogP contribution in [0.5, 0.6) is 0 Å². The molecular weight excluding hydrogens is 318 g/mol. The molecule has 0 heterocycles. The van der Waals surface area contributed by atoms with Gasteiger partial charge in [0.1, 0.15) is 0 Å². The summed E-state index contributed by atoms with van der Waals surface area (Å²) < 4.78 is 5.96. The van der Waals surface area contributed by atoms with Crippen LogP contribution in [0.15, 0.2) is 53.0 Å². The van der Waals surface area contributed by atoms with E-state index in [4.69, 9.17) is 10.5 Å². The van der Waals surface area contributed by atoms with Crippen LogP contribution in [-0.4, -0.2) is 12.6 Å².